The molecule has 0 bridgehead atoms. The van der Waals surface area contributed by atoms with Crippen LogP contribution in [0.25, 0.3) is 0 Å². The molecule has 0 aliphatic heterocycles. The van der Waals surface area contributed by atoms with Gasteiger partial charge >= 0.3 is 0 Å². The Morgan fingerprint density at radius 1 is 1.08 bits per heavy atom. The molecule has 0 aromatic heterocycles. The third-order valence-corrected chi connectivity index (χ3v) is 4.56. The van der Waals surface area contributed by atoms with E-state index in [0.717, 1.165) is 0 Å². The first kappa shape index (κ1) is 15.6. The van der Waals surface area contributed by atoms with E-state index >= 15 is 0 Å². The standard InChI is InChI=1S/C4H10O2S.C4H10OS/c1-4(2)7(3,5)6;1-4(2)6(3)5/h4H,1-3H3;4H,1-3H3. The lowest BCUT2D eigenvalue weighted by atomic mass is 10.6. The fraction of sp³-hybridized carbons (Fsp3) is 1.00. The zero-order chi connectivity index (χ0) is 11.2. The van der Waals surface area contributed by atoms with Gasteiger partial charge in [0.15, 0.2) is 0 Å². The highest BCUT2D eigenvalue weighted by atomic mass is 32.2. The lowest BCUT2D eigenvalue weighted by Crippen LogP contribution is -2.10. The molecule has 1 unspecified atom stereocenters. The van der Waals surface area contributed by atoms with Crippen LogP contribution in [0.1, 0.15) is 27.7 Å². The Bertz CT molecular complexity index is 240. The van der Waals surface area contributed by atoms with Crippen LogP contribution in [0.2, 0.25) is 0 Å². The fourth-order valence-corrected chi connectivity index (χ4v) is 0. The van der Waals surface area contributed by atoms with Crippen molar-refractivity contribution in [2.24, 2.45) is 0 Å². The molecule has 0 aromatic carbocycles. The molecular formula is C8H20O3S2. The summed E-state index contributed by atoms with van der Waals surface area (Å²) in [6, 6.07) is 0. The van der Waals surface area contributed by atoms with E-state index in [1.54, 1.807) is 20.1 Å². The first-order valence-corrected chi connectivity index (χ1v) is 7.67. The molecule has 0 heterocycles. The summed E-state index contributed by atoms with van der Waals surface area (Å²) in [5.74, 6) is 0. The van der Waals surface area contributed by atoms with Crippen molar-refractivity contribution < 1.29 is 12.6 Å². The van der Waals surface area contributed by atoms with Gasteiger partial charge in [0.05, 0.1) is 5.25 Å². The molecule has 5 heteroatoms. The zero-order valence-electron chi connectivity index (χ0n) is 9.20. The first-order chi connectivity index (χ1) is 5.59. The van der Waals surface area contributed by atoms with Crippen molar-refractivity contribution in [3.05, 3.63) is 0 Å². The fourth-order valence-electron chi connectivity index (χ4n) is 0. The second kappa shape index (κ2) is 6.54. The minimum atomic E-state index is -2.74. The summed E-state index contributed by atoms with van der Waals surface area (Å²) >= 11 is 0. The SMILES string of the molecule is CC(C)S(C)(=O)=O.CC(C)S(C)=O. The minimum absolute atomic E-state index is 0.229. The summed E-state index contributed by atoms with van der Waals surface area (Å²) in [6.07, 6.45) is 2.95. The van der Waals surface area contributed by atoms with Gasteiger partial charge in [0.2, 0.25) is 0 Å². The molecule has 82 valence electrons. The Balaban J connectivity index is 0. The molecule has 0 aliphatic rings. The third-order valence-electron chi connectivity index (χ3n) is 1.52. The average molecular weight is 228 g/mol. The van der Waals surface area contributed by atoms with Gasteiger partial charge in [-0.25, -0.2) is 8.42 Å². The Labute approximate surface area is 84.3 Å². The summed E-state index contributed by atoms with van der Waals surface area (Å²) in [5, 5.41) is 0.0949. The molecular weight excluding hydrogens is 208 g/mol. The summed E-state index contributed by atoms with van der Waals surface area (Å²) < 4.78 is 30.9. The van der Waals surface area contributed by atoms with Gasteiger partial charge in [0.25, 0.3) is 0 Å². The number of sulfone groups is 1. The molecule has 0 saturated carbocycles. The largest absolute Gasteiger partial charge is 0.260 e. The van der Waals surface area contributed by atoms with E-state index in [1.807, 2.05) is 13.8 Å². The highest BCUT2D eigenvalue weighted by molar-refractivity contribution is 7.91. The first-order valence-electron chi connectivity index (χ1n) is 4.10. The number of hydrogen-bond acceptors (Lipinski definition) is 3. The second-order valence-corrected chi connectivity index (χ2v) is 7.97. The molecule has 0 spiro atoms. The molecule has 1 atom stereocenters. The van der Waals surface area contributed by atoms with Crippen molar-refractivity contribution in [2.75, 3.05) is 12.5 Å². The van der Waals surface area contributed by atoms with Crippen LogP contribution < -0.4 is 0 Å². The molecule has 0 amide bonds. The highest BCUT2D eigenvalue weighted by Gasteiger charge is 2.05. The van der Waals surface area contributed by atoms with Crippen LogP contribution in [0, 0.1) is 0 Å². The van der Waals surface area contributed by atoms with Gasteiger partial charge in [-0.05, 0) is 13.8 Å². The summed E-state index contributed by atoms with van der Waals surface area (Å²) in [4.78, 5) is 0. The maximum absolute atomic E-state index is 10.3. The number of rotatable bonds is 2. The van der Waals surface area contributed by atoms with E-state index < -0.39 is 20.6 Å². The molecule has 0 radical (unpaired) electrons. The topological polar surface area (TPSA) is 51.2 Å². The summed E-state index contributed by atoms with van der Waals surface area (Å²) in [6.45, 7) is 7.21. The molecule has 0 aromatic rings. The quantitative estimate of drug-likeness (QED) is 0.714. The molecule has 0 aliphatic carbocycles. The summed E-state index contributed by atoms with van der Waals surface area (Å²) in [7, 11) is -3.36. The van der Waals surface area contributed by atoms with Crippen molar-refractivity contribution in [3.8, 4) is 0 Å². The minimum Gasteiger partial charge on any atom is -0.260 e. The van der Waals surface area contributed by atoms with Gasteiger partial charge in [0, 0.05) is 28.6 Å². The van der Waals surface area contributed by atoms with Crippen molar-refractivity contribution >= 4 is 20.6 Å². The summed E-state index contributed by atoms with van der Waals surface area (Å²) in [5.41, 5.74) is 0. The van der Waals surface area contributed by atoms with Gasteiger partial charge in [0.1, 0.15) is 9.84 Å². The van der Waals surface area contributed by atoms with Gasteiger partial charge in [-0.2, -0.15) is 0 Å². The molecule has 13 heavy (non-hydrogen) atoms. The van der Waals surface area contributed by atoms with Crippen LogP contribution in [0.15, 0.2) is 0 Å². The van der Waals surface area contributed by atoms with Crippen molar-refractivity contribution in [1.29, 1.82) is 0 Å². The maximum atomic E-state index is 10.3. The van der Waals surface area contributed by atoms with Crippen LogP contribution in [0.4, 0.5) is 0 Å². The van der Waals surface area contributed by atoms with E-state index in [9.17, 15) is 12.6 Å². The Morgan fingerprint density at radius 2 is 1.23 bits per heavy atom. The molecule has 0 saturated heterocycles. The Morgan fingerprint density at radius 3 is 1.23 bits per heavy atom. The highest BCUT2D eigenvalue weighted by Crippen LogP contribution is 1.92. The molecule has 0 rings (SSSR count). The van der Waals surface area contributed by atoms with Crippen LogP contribution >= 0.6 is 0 Å². The molecule has 0 fully saturated rings. The van der Waals surface area contributed by atoms with Crippen LogP contribution in [-0.2, 0) is 20.6 Å². The lowest BCUT2D eigenvalue weighted by molar-refractivity contribution is 0.593. The Hall–Kier alpha value is 0.1000. The Kier molecular flexibility index (Phi) is 7.83. The predicted molar refractivity (Wildman–Crippen MR) is 59.2 cm³/mol. The van der Waals surface area contributed by atoms with Crippen molar-refractivity contribution in [2.45, 2.75) is 38.2 Å². The van der Waals surface area contributed by atoms with E-state index in [0.29, 0.717) is 5.25 Å². The maximum Gasteiger partial charge on any atom is 0.149 e. The van der Waals surface area contributed by atoms with Crippen molar-refractivity contribution in [3.63, 3.8) is 0 Å². The zero-order valence-corrected chi connectivity index (χ0v) is 10.8. The van der Waals surface area contributed by atoms with Crippen LogP contribution in [0.5, 0.6) is 0 Å². The van der Waals surface area contributed by atoms with Crippen molar-refractivity contribution in [1.82, 2.24) is 0 Å². The second-order valence-electron chi connectivity index (χ2n) is 3.43. The van der Waals surface area contributed by atoms with Gasteiger partial charge < -0.3 is 0 Å². The lowest BCUT2D eigenvalue weighted by Gasteiger charge is -1.96. The normalized spacial score (nSPS) is 13.8. The average Bonchev–Trinajstić information content (AvgIpc) is 1.86. The van der Waals surface area contributed by atoms with Gasteiger partial charge in [-0.1, -0.05) is 13.8 Å². The van der Waals surface area contributed by atoms with E-state index in [2.05, 4.69) is 0 Å². The van der Waals surface area contributed by atoms with Gasteiger partial charge in [-0.15, -0.1) is 0 Å². The number of hydrogen-bond donors (Lipinski definition) is 0. The van der Waals surface area contributed by atoms with E-state index in [4.69, 9.17) is 0 Å². The van der Waals surface area contributed by atoms with Crippen LogP contribution in [-0.4, -0.2) is 35.6 Å². The monoisotopic (exact) mass is 228 g/mol. The molecule has 0 N–H and O–H groups in total. The predicted octanol–water partition coefficient (Wildman–Crippen LogP) is 1.21. The smallest absolute Gasteiger partial charge is 0.149 e. The van der Waals surface area contributed by atoms with E-state index in [1.165, 1.54) is 6.26 Å². The van der Waals surface area contributed by atoms with E-state index in [-0.39, 0.29) is 5.25 Å². The van der Waals surface area contributed by atoms with Gasteiger partial charge in [-0.3, -0.25) is 4.21 Å². The third kappa shape index (κ3) is 12.1. The van der Waals surface area contributed by atoms with Crippen LogP contribution in [0.3, 0.4) is 0 Å². The molecule has 3 nitrogen and oxygen atoms in total.